The number of para-hydroxylation sites is 1. The van der Waals surface area contributed by atoms with Gasteiger partial charge in [0.15, 0.2) is 0 Å². The van der Waals surface area contributed by atoms with E-state index in [9.17, 15) is 9.59 Å². The third-order valence-corrected chi connectivity index (χ3v) is 3.72. The number of carbonyl (C=O) groups excluding carboxylic acids is 2. The van der Waals surface area contributed by atoms with Crippen molar-refractivity contribution in [2.75, 3.05) is 0 Å². The molecule has 5 nitrogen and oxygen atoms in total. The first-order valence-electron chi connectivity index (χ1n) is 7.36. The number of imide groups is 1. The number of nitrogens with one attached hydrogen (secondary N) is 2. The summed E-state index contributed by atoms with van der Waals surface area (Å²) in [5.41, 5.74) is 8.33. The number of rotatable bonds is 4. The third kappa shape index (κ3) is 3.30. The predicted molar refractivity (Wildman–Crippen MR) is 88.9 cm³/mol. The summed E-state index contributed by atoms with van der Waals surface area (Å²) in [5, 5.41) is 3.38. The molecule has 0 unspecified atom stereocenters. The molecule has 1 atom stereocenters. The van der Waals surface area contributed by atoms with Gasteiger partial charge >= 0.3 is 0 Å². The number of nitrogens with two attached hydrogens (primary N) is 1. The second kappa shape index (κ2) is 6.46. The molecule has 2 amide bonds. The fraction of sp³-hybridized carbons (Fsp3) is 0.111. The zero-order valence-corrected chi connectivity index (χ0v) is 12.5. The van der Waals surface area contributed by atoms with Crippen LogP contribution in [0.1, 0.15) is 15.9 Å². The molecule has 4 N–H and O–H groups in total. The van der Waals surface area contributed by atoms with Crippen molar-refractivity contribution in [1.82, 2.24) is 10.3 Å². The predicted octanol–water partition coefficient (Wildman–Crippen LogP) is 1.99. The van der Waals surface area contributed by atoms with Crippen molar-refractivity contribution in [3.8, 4) is 0 Å². The van der Waals surface area contributed by atoms with Crippen LogP contribution < -0.4 is 11.1 Å². The molecule has 1 aromatic heterocycles. The van der Waals surface area contributed by atoms with E-state index in [1.807, 2.05) is 30.5 Å². The van der Waals surface area contributed by atoms with E-state index in [1.165, 1.54) is 0 Å². The van der Waals surface area contributed by atoms with Gasteiger partial charge in [-0.3, -0.25) is 14.9 Å². The van der Waals surface area contributed by atoms with Crippen molar-refractivity contribution in [2.45, 2.75) is 12.5 Å². The smallest absolute Gasteiger partial charge is 0.257 e. The van der Waals surface area contributed by atoms with E-state index in [1.54, 1.807) is 30.3 Å². The molecule has 0 saturated heterocycles. The highest BCUT2D eigenvalue weighted by atomic mass is 16.2. The molecule has 0 aliphatic heterocycles. The van der Waals surface area contributed by atoms with Crippen LogP contribution in [0.3, 0.4) is 0 Å². The fourth-order valence-corrected chi connectivity index (χ4v) is 2.50. The van der Waals surface area contributed by atoms with Gasteiger partial charge in [0.2, 0.25) is 5.91 Å². The van der Waals surface area contributed by atoms with Crippen LogP contribution >= 0.6 is 0 Å². The van der Waals surface area contributed by atoms with E-state index in [0.717, 1.165) is 16.5 Å². The molecule has 3 aromatic rings. The lowest BCUT2D eigenvalue weighted by Crippen LogP contribution is -2.44. The van der Waals surface area contributed by atoms with Crippen molar-refractivity contribution in [1.29, 1.82) is 0 Å². The average Bonchev–Trinajstić information content (AvgIpc) is 2.98. The van der Waals surface area contributed by atoms with Crippen molar-refractivity contribution in [3.63, 3.8) is 0 Å². The van der Waals surface area contributed by atoms with E-state index in [4.69, 9.17) is 5.73 Å². The number of fused-ring (bicyclic) bond motifs is 1. The van der Waals surface area contributed by atoms with Gasteiger partial charge in [-0.05, 0) is 30.2 Å². The van der Waals surface area contributed by atoms with Crippen LogP contribution in [0.5, 0.6) is 0 Å². The first kappa shape index (κ1) is 15.0. The summed E-state index contributed by atoms with van der Waals surface area (Å²) in [5.74, 6) is -0.922. The molecule has 0 saturated carbocycles. The van der Waals surface area contributed by atoms with Gasteiger partial charge in [-0.2, -0.15) is 0 Å². The van der Waals surface area contributed by atoms with Gasteiger partial charge in [0, 0.05) is 22.7 Å². The zero-order chi connectivity index (χ0) is 16.2. The molecule has 23 heavy (non-hydrogen) atoms. The van der Waals surface area contributed by atoms with E-state index in [2.05, 4.69) is 10.3 Å². The molecule has 0 radical (unpaired) electrons. The molecule has 2 aromatic carbocycles. The van der Waals surface area contributed by atoms with Gasteiger partial charge in [0.1, 0.15) is 0 Å². The Bertz CT molecular complexity index is 840. The Morgan fingerprint density at radius 3 is 2.52 bits per heavy atom. The minimum absolute atomic E-state index is 0.359. The third-order valence-electron chi connectivity index (χ3n) is 3.72. The van der Waals surface area contributed by atoms with Crippen LogP contribution in [0, 0.1) is 0 Å². The molecule has 1 heterocycles. The second-order valence-electron chi connectivity index (χ2n) is 5.35. The standard InChI is InChI=1S/C18H17N3O2/c19-15(10-13-11-20-16-9-5-4-8-14(13)16)18(23)21-17(22)12-6-2-1-3-7-12/h1-9,11,15,20H,10,19H2,(H,21,22,23)/t15-/m0/s1. The number of hydrogen-bond acceptors (Lipinski definition) is 3. The maximum atomic E-state index is 12.1. The highest BCUT2D eigenvalue weighted by Crippen LogP contribution is 2.18. The van der Waals surface area contributed by atoms with E-state index >= 15 is 0 Å². The van der Waals surface area contributed by atoms with Gasteiger partial charge in [0.05, 0.1) is 6.04 Å². The van der Waals surface area contributed by atoms with Gasteiger partial charge in [-0.25, -0.2) is 0 Å². The molecule has 5 heteroatoms. The number of hydrogen-bond donors (Lipinski definition) is 3. The topological polar surface area (TPSA) is 88.0 Å². The summed E-state index contributed by atoms with van der Waals surface area (Å²) in [6, 6.07) is 15.6. The Balaban J connectivity index is 1.67. The van der Waals surface area contributed by atoms with Crippen molar-refractivity contribution >= 4 is 22.7 Å². The molecule has 116 valence electrons. The monoisotopic (exact) mass is 307 g/mol. The van der Waals surface area contributed by atoms with Crippen LogP contribution in [-0.4, -0.2) is 22.8 Å². The number of carbonyl (C=O) groups is 2. The number of aromatic amines is 1. The lowest BCUT2D eigenvalue weighted by Gasteiger charge is -2.11. The van der Waals surface area contributed by atoms with Gasteiger partial charge in [-0.1, -0.05) is 36.4 Å². The van der Waals surface area contributed by atoms with Crippen LogP contribution in [-0.2, 0) is 11.2 Å². The summed E-state index contributed by atoms with van der Waals surface area (Å²) in [7, 11) is 0. The van der Waals surface area contributed by atoms with Crippen LogP contribution in [0.2, 0.25) is 0 Å². The second-order valence-corrected chi connectivity index (χ2v) is 5.35. The largest absolute Gasteiger partial charge is 0.361 e. The van der Waals surface area contributed by atoms with E-state index in [-0.39, 0.29) is 0 Å². The maximum Gasteiger partial charge on any atom is 0.257 e. The van der Waals surface area contributed by atoms with Crippen LogP contribution in [0.15, 0.2) is 60.8 Å². The first-order chi connectivity index (χ1) is 11.1. The van der Waals surface area contributed by atoms with E-state index in [0.29, 0.717) is 12.0 Å². The van der Waals surface area contributed by atoms with Crippen molar-refractivity contribution in [3.05, 3.63) is 71.9 Å². The lowest BCUT2D eigenvalue weighted by molar-refractivity contribution is -0.121. The summed E-state index contributed by atoms with van der Waals surface area (Å²) in [6.45, 7) is 0. The van der Waals surface area contributed by atoms with E-state index < -0.39 is 17.9 Å². The van der Waals surface area contributed by atoms with Crippen LogP contribution in [0.25, 0.3) is 10.9 Å². The Labute approximate surface area is 133 Å². The minimum Gasteiger partial charge on any atom is -0.361 e. The summed E-state index contributed by atoms with van der Waals surface area (Å²) < 4.78 is 0. The normalized spacial score (nSPS) is 12.0. The summed E-state index contributed by atoms with van der Waals surface area (Å²) in [6.07, 6.45) is 2.20. The SMILES string of the molecule is N[C@@H](Cc1c[nH]c2ccccc12)C(=O)NC(=O)c1ccccc1. The molecule has 0 bridgehead atoms. The molecular weight excluding hydrogens is 290 g/mol. The number of amides is 2. The van der Waals surface area contributed by atoms with Crippen molar-refractivity contribution in [2.24, 2.45) is 5.73 Å². The Morgan fingerprint density at radius 2 is 1.74 bits per heavy atom. The molecule has 0 aliphatic carbocycles. The van der Waals surface area contributed by atoms with Gasteiger partial charge in [-0.15, -0.1) is 0 Å². The zero-order valence-electron chi connectivity index (χ0n) is 12.5. The highest BCUT2D eigenvalue weighted by molar-refractivity contribution is 6.06. The number of H-pyrrole nitrogens is 1. The molecule has 0 aliphatic rings. The molecule has 0 spiro atoms. The number of aromatic nitrogens is 1. The van der Waals surface area contributed by atoms with Crippen molar-refractivity contribution < 1.29 is 9.59 Å². The quantitative estimate of drug-likeness (QED) is 0.689. The Kier molecular flexibility index (Phi) is 4.21. The summed E-state index contributed by atoms with van der Waals surface area (Å²) in [4.78, 5) is 27.2. The minimum atomic E-state index is -0.790. The van der Waals surface area contributed by atoms with Crippen LogP contribution in [0.4, 0.5) is 0 Å². The average molecular weight is 307 g/mol. The van der Waals surface area contributed by atoms with Gasteiger partial charge < -0.3 is 10.7 Å². The molecular formula is C18H17N3O2. The maximum absolute atomic E-state index is 12.1. The summed E-state index contributed by atoms with van der Waals surface area (Å²) >= 11 is 0. The molecule has 3 rings (SSSR count). The fourth-order valence-electron chi connectivity index (χ4n) is 2.50. The highest BCUT2D eigenvalue weighted by Gasteiger charge is 2.19. The Morgan fingerprint density at radius 1 is 1.04 bits per heavy atom. The lowest BCUT2D eigenvalue weighted by atomic mass is 10.0. The molecule has 0 fully saturated rings. The first-order valence-corrected chi connectivity index (χ1v) is 7.36. The van der Waals surface area contributed by atoms with Gasteiger partial charge in [0.25, 0.3) is 5.91 Å². The number of benzene rings is 2. The Hall–Kier alpha value is -2.92.